The predicted octanol–water partition coefficient (Wildman–Crippen LogP) is 0.740. The third kappa shape index (κ3) is 1.84. The lowest BCUT2D eigenvalue weighted by atomic mass is 10.1. The number of carbonyl (C=O) groups excluding carboxylic acids is 1. The molecular weight excluding hydrogens is 204 g/mol. The molecule has 84 valence electrons. The van der Waals surface area contributed by atoms with Crippen LogP contribution in [0.15, 0.2) is 24.4 Å². The van der Waals surface area contributed by atoms with Crippen molar-refractivity contribution in [2.24, 2.45) is 11.7 Å². The van der Waals surface area contributed by atoms with Crippen molar-refractivity contribution in [3.63, 3.8) is 0 Å². The minimum Gasteiger partial charge on any atom is -0.399 e. The van der Waals surface area contributed by atoms with Crippen LogP contribution in [-0.2, 0) is 11.3 Å². The molecule has 0 saturated carbocycles. The van der Waals surface area contributed by atoms with Crippen molar-refractivity contribution in [1.29, 1.82) is 0 Å². The Morgan fingerprint density at radius 2 is 2.31 bits per heavy atom. The summed E-state index contributed by atoms with van der Waals surface area (Å²) in [6, 6.07) is 5.57. The van der Waals surface area contributed by atoms with E-state index in [-0.39, 0.29) is 11.8 Å². The van der Waals surface area contributed by atoms with Crippen molar-refractivity contribution >= 4 is 22.5 Å². The average Bonchev–Trinajstić information content (AvgIpc) is 2.61. The molecule has 0 spiro atoms. The number of primary amides is 1. The van der Waals surface area contributed by atoms with Crippen LogP contribution in [0.5, 0.6) is 0 Å². The van der Waals surface area contributed by atoms with Crippen LogP contribution in [0.25, 0.3) is 10.9 Å². The SMILES string of the molecule is CC(Cn1ncc2ccc(N)cc21)C(N)=O. The van der Waals surface area contributed by atoms with Crippen LogP contribution >= 0.6 is 0 Å². The largest absolute Gasteiger partial charge is 0.399 e. The molecule has 4 N–H and O–H groups in total. The summed E-state index contributed by atoms with van der Waals surface area (Å²) in [4.78, 5) is 11.0. The molecule has 1 amide bonds. The van der Waals surface area contributed by atoms with E-state index in [2.05, 4.69) is 5.10 Å². The number of carbonyl (C=O) groups is 1. The summed E-state index contributed by atoms with van der Waals surface area (Å²) >= 11 is 0. The maximum Gasteiger partial charge on any atom is 0.222 e. The Hall–Kier alpha value is -2.04. The number of hydrogen-bond acceptors (Lipinski definition) is 3. The number of amides is 1. The molecule has 0 bridgehead atoms. The number of hydrogen-bond donors (Lipinski definition) is 2. The highest BCUT2D eigenvalue weighted by atomic mass is 16.1. The van der Waals surface area contributed by atoms with Gasteiger partial charge in [0, 0.05) is 11.1 Å². The summed E-state index contributed by atoms with van der Waals surface area (Å²) in [7, 11) is 0. The molecule has 5 heteroatoms. The second-order valence-corrected chi connectivity index (χ2v) is 3.95. The Morgan fingerprint density at radius 3 is 3.00 bits per heavy atom. The monoisotopic (exact) mass is 218 g/mol. The van der Waals surface area contributed by atoms with Crippen LogP contribution in [0.3, 0.4) is 0 Å². The van der Waals surface area contributed by atoms with Gasteiger partial charge in [-0.3, -0.25) is 9.48 Å². The first kappa shape index (κ1) is 10.5. The lowest BCUT2D eigenvalue weighted by Crippen LogP contribution is -2.25. The van der Waals surface area contributed by atoms with Crippen LogP contribution in [-0.4, -0.2) is 15.7 Å². The molecule has 16 heavy (non-hydrogen) atoms. The van der Waals surface area contributed by atoms with Crippen LogP contribution in [0.1, 0.15) is 6.92 Å². The highest BCUT2D eigenvalue weighted by molar-refractivity contribution is 5.82. The number of nitrogens with zero attached hydrogens (tertiary/aromatic N) is 2. The van der Waals surface area contributed by atoms with Crippen LogP contribution in [0.2, 0.25) is 0 Å². The van der Waals surface area contributed by atoms with Gasteiger partial charge in [-0.15, -0.1) is 0 Å². The van der Waals surface area contributed by atoms with Gasteiger partial charge in [-0.2, -0.15) is 5.10 Å². The molecule has 1 heterocycles. The number of fused-ring (bicyclic) bond motifs is 1. The number of rotatable bonds is 3. The fourth-order valence-corrected chi connectivity index (χ4v) is 1.58. The lowest BCUT2D eigenvalue weighted by molar-refractivity contribution is -0.121. The van der Waals surface area contributed by atoms with Crippen molar-refractivity contribution in [3.05, 3.63) is 24.4 Å². The number of benzene rings is 1. The average molecular weight is 218 g/mol. The van der Waals surface area contributed by atoms with E-state index >= 15 is 0 Å². The Morgan fingerprint density at radius 1 is 1.56 bits per heavy atom. The normalized spacial score (nSPS) is 12.8. The van der Waals surface area contributed by atoms with Gasteiger partial charge in [0.05, 0.1) is 24.2 Å². The lowest BCUT2D eigenvalue weighted by Gasteiger charge is -2.08. The summed E-state index contributed by atoms with van der Waals surface area (Å²) in [5, 5.41) is 5.22. The molecule has 0 aliphatic carbocycles. The maximum atomic E-state index is 11.0. The molecule has 0 radical (unpaired) electrons. The second kappa shape index (κ2) is 3.84. The molecule has 0 aliphatic heterocycles. The van der Waals surface area contributed by atoms with E-state index in [0.717, 1.165) is 10.9 Å². The van der Waals surface area contributed by atoms with E-state index in [1.807, 2.05) is 18.2 Å². The van der Waals surface area contributed by atoms with E-state index in [1.54, 1.807) is 17.8 Å². The third-order valence-corrected chi connectivity index (χ3v) is 2.60. The molecule has 1 aromatic heterocycles. The number of aromatic nitrogens is 2. The van der Waals surface area contributed by atoms with Crippen LogP contribution in [0.4, 0.5) is 5.69 Å². The van der Waals surface area contributed by atoms with Gasteiger partial charge in [0.15, 0.2) is 0 Å². The minimum absolute atomic E-state index is 0.246. The molecule has 1 aromatic carbocycles. The summed E-state index contributed by atoms with van der Waals surface area (Å²) < 4.78 is 1.75. The highest BCUT2D eigenvalue weighted by Gasteiger charge is 2.11. The summed E-state index contributed by atoms with van der Waals surface area (Å²) in [5.74, 6) is -0.572. The first-order valence-electron chi connectivity index (χ1n) is 5.08. The maximum absolute atomic E-state index is 11.0. The highest BCUT2D eigenvalue weighted by Crippen LogP contribution is 2.17. The molecule has 2 aromatic rings. The van der Waals surface area contributed by atoms with Gasteiger partial charge in [-0.25, -0.2) is 0 Å². The third-order valence-electron chi connectivity index (χ3n) is 2.60. The van der Waals surface area contributed by atoms with Gasteiger partial charge in [0.25, 0.3) is 0 Å². The molecule has 0 fully saturated rings. The number of nitrogen functional groups attached to an aromatic ring is 1. The van der Waals surface area contributed by atoms with Gasteiger partial charge < -0.3 is 11.5 Å². The Labute approximate surface area is 93.0 Å². The molecule has 0 aliphatic rings. The number of nitrogens with two attached hydrogens (primary N) is 2. The van der Waals surface area contributed by atoms with Crippen molar-refractivity contribution < 1.29 is 4.79 Å². The predicted molar refractivity (Wildman–Crippen MR) is 62.5 cm³/mol. The van der Waals surface area contributed by atoms with Gasteiger partial charge in [-0.05, 0) is 18.2 Å². The van der Waals surface area contributed by atoms with Crippen LogP contribution in [0, 0.1) is 5.92 Å². The Bertz CT molecular complexity index is 532. The van der Waals surface area contributed by atoms with Crippen molar-refractivity contribution in [2.45, 2.75) is 13.5 Å². The number of anilines is 1. The minimum atomic E-state index is -0.326. The van der Waals surface area contributed by atoms with Gasteiger partial charge >= 0.3 is 0 Å². The van der Waals surface area contributed by atoms with Gasteiger partial charge in [0.2, 0.25) is 5.91 Å². The molecule has 0 saturated heterocycles. The molecule has 1 atom stereocenters. The smallest absolute Gasteiger partial charge is 0.222 e. The molecular formula is C11H14N4O. The Balaban J connectivity index is 2.37. The van der Waals surface area contributed by atoms with E-state index in [1.165, 1.54) is 0 Å². The zero-order chi connectivity index (χ0) is 11.7. The topological polar surface area (TPSA) is 86.9 Å². The second-order valence-electron chi connectivity index (χ2n) is 3.95. The van der Waals surface area contributed by atoms with E-state index in [0.29, 0.717) is 12.2 Å². The zero-order valence-corrected chi connectivity index (χ0v) is 9.05. The van der Waals surface area contributed by atoms with E-state index in [9.17, 15) is 4.79 Å². The van der Waals surface area contributed by atoms with Crippen molar-refractivity contribution in [1.82, 2.24) is 9.78 Å². The first-order chi connectivity index (χ1) is 7.58. The first-order valence-corrected chi connectivity index (χ1v) is 5.08. The summed E-state index contributed by atoms with van der Waals surface area (Å²) in [6.45, 7) is 2.25. The molecule has 2 rings (SSSR count). The quantitative estimate of drug-likeness (QED) is 0.745. The zero-order valence-electron chi connectivity index (χ0n) is 9.05. The molecule has 5 nitrogen and oxygen atoms in total. The van der Waals surface area contributed by atoms with E-state index < -0.39 is 0 Å². The van der Waals surface area contributed by atoms with E-state index in [4.69, 9.17) is 11.5 Å². The summed E-state index contributed by atoms with van der Waals surface area (Å²) in [6.07, 6.45) is 1.75. The van der Waals surface area contributed by atoms with Crippen molar-refractivity contribution in [3.8, 4) is 0 Å². The molecule has 1 unspecified atom stereocenters. The fraction of sp³-hybridized carbons (Fsp3) is 0.273. The Kier molecular flexibility index (Phi) is 2.52. The standard InChI is InChI=1S/C11H14N4O/c1-7(11(13)16)6-15-10-4-9(12)3-2-8(10)5-14-15/h2-5,7H,6,12H2,1H3,(H2,13,16). The van der Waals surface area contributed by atoms with Crippen LogP contribution < -0.4 is 11.5 Å². The van der Waals surface area contributed by atoms with Gasteiger partial charge in [0.1, 0.15) is 0 Å². The van der Waals surface area contributed by atoms with Gasteiger partial charge in [-0.1, -0.05) is 6.92 Å². The summed E-state index contributed by atoms with van der Waals surface area (Å²) in [5.41, 5.74) is 12.5. The fourth-order valence-electron chi connectivity index (χ4n) is 1.58. The van der Waals surface area contributed by atoms with Crippen molar-refractivity contribution in [2.75, 3.05) is 5.73 Å².